The molecule has 0 aromatic rings. The van der Waals surface area contributed by atoms with Crippen LogP contribution in [0.2, 0.25) is 0 Å². The zero-order valence-electron chi connectivity index (χ0n) is 16.6. The van der Waals surface area contributed by atoms with Gasteiger partial charge in [0.2, 0.25) is 0 Å². The van der Waals surface area contributed by atoms with Crippen LogP contribution < -0.4 is 0 Å². The van der Waals surface area contributed by atoms with Crippen molar-refractivity contribution < 1.29 is 19.4 Å². The van der Waals surface area contributed by atoms with E-state index in [2.05, 4.69) is 6.92 Å². The number of carboxylic acid groups (broad SMARTS) is 1. The molecule has 0 amide bonds. The number of hydrogen-bond acceptors (Lipinski definition) is 3. The number of aliphatic carboxylic acids is 1. The van der Waals surface area contributed by atoms with Gasteiger partial charge in [0, 0.05) is 0 Å². The molecule has 4 nitrogen and oxygen atoms in total. The van der Waals surface area contributed by atoms with E-state index in [1.54, 1.807) is 0 Å². The van der Waals surface area contributed by atoms with Crippen molar-refractivity contribution in [3.05, 3.63) is 0 Å². The van der Waals surface area contributed by atoms with E-state index in [9.17, 15) is 14.7 Å². The van der Waals surface area contributed by atoms with E-state index < -0.39 is 17.4 Å². The van der Waals surface area contributed by atoms with Crippen molar-refractivity contribution in [1.82, 2.24) is 0 Å². The Bertz CT molecular complexity index is 362. The molecule has 0 saturated heterocycles. The smallest absolute Gasteiger partial charge is 0.323 e. The van der Waals surface area contributed by atoms with Crippen LogP contribution in [0.3, 0.4) is 0 Å². The Kier molecular flexibility index (Phi) is 11.0. The molecule has 0 fully saturated rings. The predicted octanol–water partition coefficient (Wildman–Crippen LogP) is 5.44. The van der Waals surface area contributed by atoms with Gasteiger partial charge in [-0.1, -0.05) is 47.5 Å². The van der Waals surface area contributed by atoms with Gasteiger partial charge in [0.25, 0.3) is 0 Å². The topological polar surface area (TPSA) is 63.6 Å². The Balaban J connectivity index is 5.09. The highest BCUT2D eigenvalue weighted by atomic mass is 16.5. The molecule has 0 bridgehead atoms. The molecule has 0 aromatic carbocycles. The highest BCUT2D eigenvalue weighted by Gasteiger charge is 2.47. The number of unbranched alkanes of at least 4 members (excludes halogenated alkanes) is 2. The maximum atomic E-state index is 12.8. The first-order chi connectivity index (χ1) is 11.2. The zero-order valence-corrected chi connectivity index (χ0v) is 16.6. The normalized spacial score (nSPS) is 13.3. The lowest BCUT2D eigenvalue weighted by atomic mass is 9.76. The zero-order chi connectivity index (χ0) is 18.8. The summed E-state index contributed by atoms with van der Waals surface area (Å²) in [4.78, 5) is 24.8. The predicted molar refractivity (Wildman–Crippen MR) is 97.9 cm³/mol. The number of esters is 1. The molecule has 0 aliphatic carbocycles. The molecule has 0 aliphatic rings. The van der Waals surface area contributed by atoms with Gasteiger partial charge in [-0.15, -0.1) is 0 Å². The molecule has 0 saturated carbocycles. The fourth-order valence-corrected chi connectivity index (χ4v) is 2.74. The summed E-state index contributed by atoms with van der Waals surface area (Å²) in [6.45, 7) is 12.2. The number of ether oxygens (including phenoxy) is 1. The minimum absolute atomic E-state index is 0.221. The Morgan fingerprint density at radius 3 is 1.79 bits per heavy atom. The van der Waals surface area contributed by atoms with Gasteiger partial charge < -0.3 is 9.84 Å². The SMILES string of the molecule is CCCCCC(C)OC(=O)C(CCC(C)C)(CCC(C)C)C(=O)O. The van der Waals surface area contributed by atoms with Crippen LogP contribution in [0.25, 0.3) is 0 Å². The van der Waals surface area contributed by atoms with Crippen LogP contribution in [0.15, 0.2) is 0 Å². The van der Waals surface area contributed by atoms with Crippen LogP contribution in [0.1, 0.15) is 92.9 Å². The molecule has 4 heteroatoms. The van der Waals surface area contributed by atoms with Gasteiger partial charge in [0.05, 0.1) is 6.10 Å². The first kappa shape index (κ1) is 22.9. The molecule has 0 spiro atoms. The lowest BCUT2D eigenvalue weighted by molar-refractivity contribution is -0.174. The maximum absolute atomic E-state index is 12.8. The second-order valence-corrected chi connectivity index (χ2v) is 7.96. The molecule has 0 radical (unpaired) electrons. The van der Waals surface area contributed by atoms with E-state index in [1.807, 2.05) is 34.6 Å². The van der Waals surface area contributed by atoms with E-state index in [0.29, 0.717) is 37.5 Å². The molecule has 1 unspecified atom stereocenters. The quantitative estimate of drug-likeness (QED) is 0.275. The molecule has 0 heterocycles. The van der Waals surface area contributed by atoms with Crippen LogP contribution in [0.4, 0.5) is 0 Å². The third-order valence-electron chi connectivity index (χ3n) is 4.62. The van der Waals surface area contributed by atoms with Gasteiger partial charge in [0.1, 0.15) is 0 Å². The summed E-state index contributed by atoms with van der Waals surface area (Å²) in [7, 11) is 0. The van der Waals surface area contributed by atoms with Gasteiger partial charge in [0.15, 0.2) is 5.41 Å². The molecule has 142 valence electrons. The number of carboxylic acids is 1. The van der Waals surface area contributed by atoms with E-state index in [4.69, 9.17) is 4.74 Å². The van der Waals surface area contributed by atoms with Crippen molar-refractivity contribution in [3.63, 3.8) is 0 Å². The maximum Gasteiger partial charge on any atom is 0.323 e. The van der Waals surface area contributed by atoms with Crippen LogP contribution in [-0.2, 0) is 14.3 Å². The fraction of sp³-hybridized carbons (Fsp3) is 0.900. The second-order valence-electron chi connectivity index (χ2n) is 7.96. The van der Waals surface area contributed by atoms with Crippen molar-refractivity contribution in [2.75, 3.05) is 0 Å². The highest BCUT2D eigenvalue weighted by Crippen LogP contribution is 2.35. The Hall–Kier alpha value is -1.06. The lowest BCUT2D eigenvalue weighted by Gasteiger charge is -2.30. The third-order valence-corrected chi connectivity index (χ3v) is 4.62. The molecule has 0 aromatic heterocycles. The molecule has 1 atom stereocenters. The summed E-state index contributed by atoms with van der Waals surface area (Å²) >= 11 is 0. The average molecular weight is 343 g/mol. The molecule has 24 heavy (non-hydrogen) atoms. The molecule has 0 rings (SSSR count). The van der Waals surface area contributed by atoms with Crippen LogP contribution in [0.5, 0.6) is 0 Å². The van der Waals surface area contributed by atoms with E-state index in [1.165, 1.54) is 0 Å². The fourth-order valence-electron chi connectivity index (χ4n) is 2.74. The van der Waals surface area contributed by atoms with Crippen molar-refractivity contribution in [3.8, 4) is 0 Å². The van der Waals surface area contributed by atoms with Gasteiger partial charge >= 0.3 is 11.9 Å². The van der Waals surface area contributed by atoms with Crippen LogP contribution in [-0.4, -0.2) is 23.1 Å². The largest absolute Gasteiger partial charge is 0.480 e. The third kappa shape index (κ3) is 8.16. The lowest BCUT2D eigenvalue weighted by Crippen LogP contribution is -2.42. The summed E-state index contributed by atoms with van der Waals surface area (Å²) in [6, 6.07) is 0. The first-order valence-corrected chi connectivity index (χ1v) is 9.60. The molecular formula is C20H38O4. The Labute approximate surface area is 148 Å². The molecule has 1 N–H and O–H groups in total. The second kappa shape index (κ2) is 11.5. The van der Waals surface area contributed by atoms with Gasteiger partial charge in [-0.3, -0.25) is 9.59 Å². The highest BCUT2D eigenvalue weighted by molar-refractivity contribution is 5.99. The first-order valence-electron chi connectivity index (χ1n) is 9.60. The van der Waals surface area contributed by atoms with Crippen LogP contribution >= 0.6 is 0 Å². The molecular weight excluding hydrogens is 304 g/mol. The minimum Gasteiger partial charge on any atom is -0.480 e. The van der Waals surface area contributed by atoms with Gasteiger partial charge in [-0.05, 0) is 57.3 Å². The summed E-state index contributed by atoms with van der Waals surface area (Å²) < 4.78 is 5.57. The average Bonchev–Trinajstić information content (AvgIpc) is 2.46. The van der Waals surface area contributed by atoms with Crippen molar-refractivity contribution in [1.29, 1.82) is 0 Å². The van der Waals surface area contributed by atoms with E-state index in [-0.39, 0.29) is 6.10 Å². The monoisotopic (exact) mass is 342 g/mol. The summed E-state index contributed by atoms with van der Waals surface area (Å²) in [5.74, 6) is -0.857. The summed E-state index contributed by atoms with van der Waals surface area (Å²) in [5, 5.41) is 9.85. The van der Waals surface area contributed by atoms with E-state index >= 15 is 0 Å². The van der Waals surface area contributed by atoms with Crippen LogP contribution in [0, 0.1) is 17.3 Å². The number of hydrogen-bond donors (Lipinski definition) is 1. The minimum atomic E-state index is -1.40. The number of carbonyl (C=O) groups is 2. The van der Waals surface area contributed by atoms with Crippen molar-refractivity contribution in [2.24, 2.45) is 17.3 Å². The Morgan fingerprint density at radius 2 is 1.42 bits per heavy atom. The number of rotatable bonds is 13. The summed E-state index contributed by atoms with van der Waals surface area (Å²) in [6.07, 6.45) is 5.93. The van der Waals surface area contributed by atoms with E-state index in [0.717, 1.165) is 25.7 Å². The van der Waals surface area contributed by atoms with Crippen molar-refractivity contribution >= 4 is 11.9 Å². The summed E-state index contributed by atoms with van der Waals surface area (Å²) in [5.41, 5.74) is -1.40. The van der Waals surface area contributed by atoms with Gasteiger partial charge in [-0.25, -0.2) is 0 Å². The standard InChI is InChI=1S/C20H38O4/c1-7-8-9-10-17(6)24-19(23)20(18(21)22,13-11-15(2)3)14-12-16(4)5/h15-17H,7-14H2,1-6H3,(H,21,22). The number of carbonyl (C=O) groups excluding carboxylic acids is 1. The van der Waals surface area contributed by atoms with Gasteiger partial charge in [-0.2, -0.15) is 0 Å². The Morgan fingerprint density at radius 1 is 0.917 bits per heavy atom. The molecule has 0 aliphatic heterocycles. The van der Waals surface area contributed by atoms with Crippen molar-refractivity contribution in [2.45, 2.75) is 99.0 Å².